The molecule has 0 aromatic heterocycles. The monoisotopic (exact) mass is 448 g/mol. The molecule has 1 unspecified atom stereocenters. The average Bonchev–Trinajstić information content (AvgIpc) is 3.33. The van der Waals surface area contributed by atoms with E-state index in [1.807, 2.05) is 24.3 Å². The van der Waals surface area contributed by atoms with Crippen LogP contribution in [-0.2, 0) is 14.3 Å². The average molecular weight is 449 g/mol. The van der Waals surface area contributed by atoms with Crippen LogP contribution in [0.15, 0.2) is 48.5 Å². The van der Waals surface area contributed by atoms with Gasteiger partial charge in [0.25, 0.3) is 0 Å². The molecule has 0 bridgehead atoms. The van der Waals surface area contributed by atoms with E-state index in [4.69, 9.17) is 9.84 Å². The Balaban J connectivity index is 1.08. The number of carboxylic acid groups (broad SMARTS) is 1. The van der Waals surface area contributed by atoms with E-state index in [-0.39, 0.29) is 42.6 Å². The lowest BCUT2D eigenvalue weighted by atomic mass is 9.98. The van der Waals surface area contributed by atoms with Gasteiger partial charge in [0.05, 0.1) is 0 Å². The molecule has 7 heteroatoms. The number of hydrogen-bond acceptors (Lipinski definition) is 4. The van der Waals surface area contributed by atoms with E-state index in [1.165, 1.54) is 22.3 Å². The maximum atomic E-state index is 12.7. The molecule has 2 aromatic carbocycles. The Labute approximate surface area is 192 Å². The molecule has 2 N–H and O–H groups in total. The maximum absolute atomic E-state index is 12.7. The van der Waals surface area contributed by atoms with Crippen molar-refractivity contribution < 1.29 is 24.2 Å². The lowest BCUT2D eigenvalue weighted by molar-refractivity contribution is -0.138. The minimum atomic E-state index is -0.814. The summed E-state index contributed by atoms with van der Waals surface area (Å²) in [6.45, 7) is 1.83. The molecule has 0 spiro atoms. The number of fused-ring (bicyclic) bond motifs is 3. The lowest BCUT2D eigenvalue weighted by Gasteiger charge is -2.16. The highest BCUT2D eigenvalue weighted by atomic mass is 16.5. The summed E-state index contributed by atoms with van der Waals surface area (Å²) in [5, 5.41) is 11.8. The van der Waals surface area contributed by atoms with Crippen molar-refractivity contribution in [3.05, 3.63) is 59.7 Å². The van der Waals surface area contributed by atoms with Gasteiger partial charge in [-0.05, 0) is 46.9 Å². The van der Waals surface area contributed by atoms with Crippen LogP contribution in [-0.4, -0.2) is 54.2 Å². The number of likely N-dealkylation sites (tertiary alicyclic amines) is 1. The van der Waals surface area contributed by atoms with E-state index in [1.54, 1.807) is 4.90 Å². The zero-order valence-electron chi connectivity index (χ0n) is 18.4. The first-order chi connectivity index (χ1) is 16.0. The van der Waals surface area contributed by atoms with Gasteiger partial charge in [0.15, 0.2) is 0 Å². The van der Waals surface area contributed by atoms with E-state index in [9.17, 15) is 14.4 Å². The molecule has 5 rings (SSSR count). The molecule has 1 saturated heterocycles. The van der Waals surface area contributed by atoms with Crippen LogP contribution >= 0.6 is 0 Å². The van der Waals surface area contributed by atoms with Crippen LogP contribution < -0.4 is 5.32 Å². The third-order valence-electron chi connectivity index (χ3n) is 7.15. The first kappa shape index (κ1) is 21.5. The number of hydrogen-bond donors (Lipinski definition) is 2. The molecule has 3 atom stereocenters. The van der Waals surface area contributed by atoms with Gasteiger partial charge < -0.3 is 20.1 Å². The van der Waals surface area contributed by atoms with Gasteiger partial charge in [-0.1, -0.05) is 48.5 Å². The molecule has 1 heterocycles. The van der Waals surface area contributed by atoms with E-state index in [2.05, 4.69) is 29.6 Å². The highest BCUT2D eigenvalue weighted by Crippen LogP contribution is 2.44. The summed E-state index contributed by atoms with van der Waals surface area (Å²) >= 11 is 0. The molecule has 3 aliphatic rings. The Kier molecular flexibility index (Phi) is 5.79. The van der Waals surface area contributed by atoms with Crippen LogP contribution in [0.3, 0.4) is 0 Å². The number of ether oxygens (including phenoxy) is 1. The van der Waals surface area contributed by atoms with Crippen molar-refractivity contribution in [1.82, 2.24) is 10.2 Å². The van der Waals surface area contributed by atoms with Gasteiger partial charge in [0.2, 0.25) is 5.91 Å². The molecule has 0 radical (unpaired) electrons. The van der Waals surface area contributed by atoms with Crippen LogP contribution in [0.5, 0.6) is 0 Å². The third-order valence-corrected chi connectivity index (χ3v) is 7.15. The highest BCUT2D eigenvalue weighted by molar-refractivity contribution is 5.82. The van der Waals surface area contributed by atoms with Crippen molar-refractivity contribution >= 4 is 18.0 Å². The van der Waals surface area contributed by atoms with Crippen molar-refractivity contribution in [2.45, 2.75) is 25.2 Å². The summed E-state index contributed by atoms with van der Waals surface area (Å²) in [6, 6.07) is 16.4. The predicted molar refractivity (Wildman–Crippen MR) is 122 cm³/mol. The van der Waals surface area contributed by atoms with Crippen molar-refractivity contribution in [3.8, 4) is 11.1 Å². The summed E-state index contributed by atoms with van der Waals surface area (Å²) in [5.41, 5.74) is 4.72. The molecule has 1 aliphatic heterocycles. The van der Waals surface area contributed by atoms with Gasteiger partial charge in [-0.3, -0.25) is 9.59 Å². The Morgan fingerprint density at radius 2 is 1.70 bits per heavy atom. The SMILES string of the molecule is O=C(O)CC1CCN(C(=O)[C@@H]2C[C@@H]2CNC(=O)OCC2c3ccccc3-c3ccccc32)C1. The minimum absolute atomic E-state index is 0.0207. The van der Waals surface area contributed by atoms with Crippen molar-refractivity contribution in [2.75, 3.05) is 26.2 Å². The number of nitrogens with one attached hydrogen (secondary N) is 1. The summed E-state index contributed by atoms with van der Waals surface area (Å²) in [7, 11) is 0. The van der Waals surface area contributed by atoms with E-state index < -0.39 is 12.1 Å². The van der Waals surface area contributed by atoms with Crippen LogP contribution in [0.1, 0.15) is 36.3 Å². The van der Waals surface area contributed by atoms with Gasteiger partial charge >= 0.3 is 12.1 Å². The van der Waals surface area contributed by atoms with E-state index in [0.29, 0.717) is 19.6 Å². The second-order valence-corrected chi connectivity index (χ2v) is 9.35. The minimum Gasteiger partial charge on any atom is -0.481 e. The number of carbonyl (C=O) groups excluding carboxylic acids is 2. The quantitative estimate of drug-likeness (QED) is 0.676. The second kappa shape index (κ2) is 8.89. The zero-order chi connectivity index (χ0) is 22.9. The van der Waals surface area contributed by atoms with Crippen LogP contribution in [0.2, 0.25) is 0 Å². The molecule has 2 amide bonds. The Morgan fingerprint density at radius 1 is 1.03 bits per heavy atom. The first-order valence-electron chi connectivity index (χ1n) is 11.6. The maximum Gasteiger partial charge on any atom is 0.407 e. The molecular weight excluding hydrogens is 420 g/mol. The molecule has 1 saturated carbocycles. The van der Waals surface area contributed by atoms with E-state index in [0.717, 1.165) is 12.8 Å². The van der Waals surface area contributed by atoms with Crippen molar-refractivity contribution in [3.63, 3.8) is 0 Å². The highest BCUT2D eigenvalue weighted by Gasteiger charge is 2.46. The van der Waals surface area contributed by atoms with Gasteiger partial charge in [0.1, 0.15) is 6.61 Å². The standard InChI is InChI=1S/C26H28N2O5/c29-24(30)11-16-9-10-28(14-16)25(31)22-12-17(22)13-27-26(32)33-15-23-20-7-3-1-5-18(20)19-6-2-4-8-21(19)23/h1-8,16-17,22-23H,9-15H2,(H,27,32)(H,29,30)/t16?,17-,22-/m1/s1. The van der Waals surface area contributed by atoms with Crippen LogP contribution in [0, 0.1) is 17.8 Å². The molecule has 7 nitrogen and oxygen atoms in total. The second-order valence-electron chi connectivity index (χ2n) is 9.35. The van der Waals surface area contributed by atoms with E-state index >= 15 is 0 Å². The smallest absolute Gasteiger partial charge is 0.407 e. The van der Waals surface area contributed by atoms with Crippen LogP contribution in [0.4, 0.5) is 4.79 Å². The lowest BCUT2D eigenvalue weighted by Crippen LogP contribution is -2.32. The number of carboxylic acids is 1. The largest absolute Gasteiger partial charge is 0.481 e. The van der Waals surface area contributed by atoms with Crippen molar-refractivity contribution in [2.24, 2.45) is 17.8 Å². The first-order valence-corrected chi connectivity index (χ1v) is 11.6. The number of benzene rings is 2. The van der Waals surface area contributed by atoms with Gasteiger partial charge in [-0.15, -0.1) is 0 Å². The number of rotatable bonds is 7. The predicted octanol–water partition coefficient (Wildman–Crippen LogP) is 3.48. The number of alkyl carbamates (subject to hydrolysis) is 1. The summed E-state index contributed by atoms with van der Waals surface area (Å²) in [5.74, 6) is -0.623. The van der Waals surface area contributed by atoms with Crippen molar-refractivity contribution in [1.29, 1.82) is 0 Å². The molecular formula is C26H28N2O5. The fraction of sp³-hybridized carbons (Fsp3) is 0.423. The van der Waals surface area contributed by atoms with Gasteiger partial charge in [-0.2, -0.15) is 0 Å². The number of nitrogens with zero attached hydrogens (tertiary/aromatic N) is 1. The Bertz CT molecular complexity index is 1040. The molecule has 2 fully saturated rings. The number of amides is 2. The fourth-order valence-electron chi connectivity index (χ4n) is 5.32. The molecule has 2 aliphatic carbocycles. The Morgan fingerprint density at radius 3 is 2.36 bits per heavy atom. The van der Waals surface area contributed by atoms with Gasteiger partial charge in [0, 0.05) is 37.9 Å². The molecule has 172 valence electrons. The Hall–Kier alpha value is -3.35. The molecule has 2 aromatic rings. The summed E-state index contributed by atoms with van der Waals surface area (Å²) in [4.78, 5) is 37.7. The summed E-state index contributed by atoms with van der Waals surface area (Å²) in [6.07, 6.45) is 1.15. The number of carbonyl (C=O) groups is 3. The zero-order valence-corrected chi connectivity index (χ0v) is 18.4. The van der Waals surface area contributed by atoms with Gasteiger partial charge in [-0.25, -0.2) is 4.79 Å². The fourth-order valence-corrected chi connectivity index (χ4v) is 5.32. The van der Waals surface area contributed by atoms with Crippen LogP contribution in [0.25, 0.3) is 11.1 Å². The third kappa shape index (κ3) is 4.45. The number of aliphatic carboxylic acids is 1. The topological polar surface area (TPSA) is 95.9 Å². The molecule has 33 heavy (non-hydrogen) atoms. The summed E-state index contributed by atoms with van der Waals surface area (Å²) < 4.78 is 5.56. The normalized spacial score (nSPS) is 23.0.